The Balaban J connectivity index is 0.956. The highest BCUT2D eigenvalue weighted by atomic mass is 16.5. The molecule has 0 spiro atoms. The number of alkyl carbamates (subject to hydrolysis) is 2. The van der Waals surface area contributed by atoms with Gasteiger partial charge in [0.05, 0.1) is 50.1 Å². The van der Waals surface area contributed by atoms with Crippen molar-refractivity contribution in [3.63, 3.8) is 0 Å². The molecule has 14 heteroatoms. The van der Waals surface area contributed by atoms with Crippen LogP contribution in [0, 0.1) is 17.8 Å². The summed E-state index contributed by atoms with van der Waals surface area (Å²) >= 11 is 0. The first-order valence-corrected chi connectivity index (χ1v) is 22.6. The molecule has 9 rings (SSSR count). The molecule has 5 aliphatic rings. The molecular formula is C48H60N8O6. The first-order valence-electron chi connectivity index (χ1n) is 22.6. The number of hydrogen-bond donors (Lipinski definition) is 4. The Kier molecular flexibility index (Phi) is 11.4. The largest absolute Gasteiger partial charge is 0.453 e. The van der Waals surface area contributed by atoms with Gasteiger partial charge in [-0.25, -0.2) is 19.6 Å². The summed E-state index contributed by atoms with van der Waals surface area (Å²) in [5.74, 6) is 2.48. The highest BCUT2D eigenvalue weighted by Gasteiger charge is 2.51. The van der Waals surface area contributed by atoms with Crippen LogP contribution in [0.5, 0.6) is 0 Å². The number of carbonyl (C=O) groups excluding carboxylic acids is 4. The van der Waals surface area contributed by atoms with Crippen molar-refractivity contribution in [2.45, 2.75) is 128 Å². The number of methoxy groups -OCH3 is 2. The zero-order chi connectivity index (χ0) is 43.4. The van der Waals surface area contributed by atoms with Crippen molar-refractivity contribution < 1.29 is 28.7 Å². The van der Waals surface area contributed by atoms with Crippen LogP contribution in [-0.2, 0) is 19.1 Å². The molecule has 14 nitrogen and oxygen atoms in total. The van der Waals surface area contributed by atoms with Gasteiger partial charge in [-0.15, -0.1) is 0 Å². The molecule has 2 saturated heterocycles. The summed E-state index contributed by atoms with van der Waals surface area (Å²) < 4.78 is 9.69. The third-order valence-corrected chi connectivity index (χ3v) is 14.5. The average molecular weight is 845 g/mol. The number of nitrogens with zero attached hydrogens (tertiary/aromatic N) is 4. The van der Waals surface area contributed by atoms with Crippen molar-refractivity contribution in [1.82, 2.24) is 40.4 Å². The summed E-state index contributed by atoms with van der Waals surface area (Å²) in [5, 5.41) is 5.54. The molecule has 328 valence electrons. The van der Waals surface area contributed by atoms with Crippen molar-refractivity contribution in [2.75, 3.05) is 20.8 Å². The van der Waals surface area contributed by atoms with Crippen molar-refractivity contribution in [3.8, 4) is 33.6 Å². The van der Waals surface area contributed by atoms with Crippen LogP contribution in [0.4, 0.5) is 9.59 Å². The predicted octanol–water partition coefficient (Wildman–Crippen LogP) is 8.37. The van der Waals surface area contributed by atoms with E-state index < -0.39 is 24.3 Å². The Morgan fingerprint density at radius 2 is 1.27 bits per heavy atom. The van der Waals surface area contributed by atoms with Crippen molar-refractivity contribution in [1.29, 1.82) is 0 Å². The first-order chi connectivity index (χ1) is 29.9. The summed E-state index contributed by atoms with van der Waals surface area (Å²) in [7, 11) is 2.63. The summed E-state index contributed by atoms with van der Waals surface area (Å²) in [5.41, 5.74) is 9.39. The first kappa shape index (κ1) is 41.7. The van der Waals surface area contributed by atoms with Crippen LogP contribution < -0.4 is 10.6 Å². The van der Waals surface area contributed by atoms with E-state index in [0.717, 1.165) is 73.5 Å². The lowest BCUT2D eigenvalue weighted by Gasteiger charge is -2.37. The second-order valence-corrected chi connectivity index (χ2v) is 18.8. The minimum absolute atomic E-state index is 0.0842. The number of amides is 4. The topological polar surface area (TPSA) is 175 Å². The van der Waals surface area contributed by atoms with Gasteiger partial charge in [0.15, 0.2) is 0 Å². The predicted molar refractivity (Wildman–Crippen MR) is 234 cm³/mol. The van der Waals surface area contributed by atoms with E-state index in [0.29, 0.717) is 24.3 Å². The van der Waals surface area contributed by atoms with Gasteiger partial charge in [-0.3, -0.25) is 9.59 Å². The quantitative estimate of drug-likeness (QED) is 0.117. The second kappa shape index (κ2) is 16.9. The maximum absolute atomic E-state index is 14.0. The fraction of sp³-hybridized carbons (Fsp3) is 0.542. The van der Waals surface area contributed by atoms with Gasteiger partial charge in [-0.1, -0.05) is 64.1 Å². The molecule has 4 aromatic rings. The lowest BCUT2D eigenvalue weighted by atomic mass is 9.82. The van der Waals surface area contributed by atoms with Gasteiger partial charge >= 0.3 is 12.2 Å². The third-order valence-electron chi connectivity index (χ3n) is 14.5. The Morgan fingerprint density at radius 3 is 1.95 bits per heavy atom. The maximum Gasteiger partial charge on any atom is 0.407 e. The summed E-state index contributed by atoms with van der Waals surface area (Å²) in [6.45, 7) is 8.35. The SMILES string of the molecule is COC(=O)N[C@H](C(=O)N1CCCC[C@H]1c1ncc(-c2ccc(-c3ccc(-c4cnc([C@@H]5[C@H]6CC[C@H](C6)N5C(=O)[C@@H](NC(=O)OC)C(C)C)[nH]4)cc3)c3c2C2CCC3C2)[nH]1)C(C)C. The van der Waals surface area contributed by atoms with Crippen LogP contribution in [0.3, 0.4) is 0 Å². The fourth-order valence-electron chi connectivity index (χ4n) is 11.5. The van der Waals surface area contributed by atoms with Crippen LogP contribution in [0.15, 0.2) is 48.8 Å². The number of carbonyl (C=O) groups is 4. The molecule has 4 bridgehead atoms. The molecule has 4 fully saturated rings. The van der Waals surface area contributed by atoms with Gasteiger partial charge in [0.25, 0.3) is 0 Å². The lowest BCUT2D eigenvalue weighted by Crippen LogP contribution is -2.54. The Labute approximate surface area is 363 Å². The fourth-order valence-corrected chi connectivity index (χ4v) is 11.5. The van der Waals surface area contributed by atoms with Crippen molar-refractivity contribution in [2.24, 2.45) is 17.8 Å². The number of imidazole rings is 2. The summed E-state index contributed by atoms with van der Waals surface area (Å²) in [6.07, 6.45) is 11.8. The van der Waals surface area contributed by atoms with Crippen LogP contribution in [0.2, 0.25) is 0 Å². The summed E-state index contributed by atoms with van der Waals surface area (Å²) in [4.78, 5) is 73.2. The normalized spacial score (nSPS) is 24.6. The number of likely N-dealkylation sites (tertiary alicyclic amines) is 2. The highest BCUT2D eigenvalue weighted by Crippen LogP contribution is 2.58. The highest BCUT2D eigenvalue weighted by molar-refractivity contribution is 5.88. The van der Waals surface area contributed by atoms with E-state index in [-0.39, 0.29) is 41.8 Å². The molecular weight excluding hydrogens is 785 g/mol. The molecule has 2 saturated carbocycles. The number of hydrogen-bond acceptors (Lipinski definition) is 8. The van der Waals surface area contributed by atoms with E-state index in [2.05, 4.69) is 57.0 Å². The molecule has 2 aliphatic heterocycles. The number of ether oxygens (including phenoxy) is 2. The minimum atomic E-state index is -0.688. The van der Waals surface area contributed by atoms with Gasteiger partial charge in [-0.2, -0.15) is 0 Å². The third kappa shape index (κ3) is 7.42. The molecule has 4 heterocycles. The molecule has 4 amide bonds. The maximum atomic E-state index is 14.0. The van der Waals surface area contributed by atoms with E-state index >= 15 is 0 Å². The van der Waals surface area contributed by atoms with E-state index in [9.17, 15) is 19.2 Å². The number of piperidine rings is 2. The molecule has 2 unspecified atom stereocenters. The number of aromatic amines is 2. The molecule has 0 radical (unpaired) electrons. The van der Waals surface area contributed by atoms with Crippen molar-refractivity contribution in [3.05, 3.63) is 71.6 Å². The number of rotatable bonds is 11. The van der Waals surface area contributed by atoms with Gasteiger partial charge in [0, 0.05) is 18.2 Å². The van der Waals surface area contributed by atoms with Crippen molar-refractivity contribution >= 4 is 24.0 Å². The van der Waals surface area contributed by atoms with E-state index in [1.54, 1.807) is 0 Å². The van der Waals surface area contributed by atoms with Gasteiger partial charge < -0.3 is 39.9 Å². The lowest BCUT2D eigenvalue weighted by molar-refractivity contribution is -0.139. The number of fused-ring (bicyclic) bond motifs is 7. The minimum Gasteiger partial charge on any atom is -0.453 e. The molecule has 4 N–H and O–H groups in total. The van der Waals surface area contributed by atoms with Crippen LogP contribution in [0.1, 0.15) is 132 Å². The van der Waals surface area contributed by atoms with Crippen LogP contribution in [-0.4, -0.2) is 92.6 Å². The van der Waals surface area contributed by atoms with Gasteiger partial charge in [0.1, 0.15) is 23.7 Å². The second-order valence-electron chi connectivity index (χ2n) is 18.8. The van der Waals surface area contributed by atoms with Crippen LogP contribution in [0.25, 0.3) is 33.6 Å². The van der Waals surface area contributed by atoms with Crippen LogP contribution >= 0.6 is 0 Å². The number of nitrogens with one attached hydrogen (secondary N) is 4. The smallest absolute Gasteiger partial charge is 0.407 e. The van der Waals surface area contributed by atoms with Gasteiger partial charge in [-0.05, 0) is 115 Å². The molecule has 3 aliphatic carbocycles. The average Bonchev–Trinajstić information content (AvgIpc) is 4.16. The molecule has 2 aromatic carbocycles. The Bertz CT molecular complexity index is 2330. The van der Waals surface area contributed by atoms with E-state index in [1.807, 2.05) is 49.9 Å². The monoisotopic (exact) mass is 844 g/mol. The molecule has 62 heavy (non-hydrogen) atoms. The van der Waals surface area contributed by atoms with E-state index in [4.69, 9.17) is 19.4 Å². The van der Waals surface area contributed by atoms with Gasteiger partial charge in [0.2, 0.25) is 11.8 Å². The zero-order valence-corrected chi connectivity index (χ0v) is 36.7. The zero-order valence-electron chi connectivity index (χ0n) is 36.7. The summed E-state index contributed by atoms with van der Waals surface area (Å²) in [6, 6.07) is 11.6. The standard InChI is InChI=1S/C48H60N8O6/c1-25(2)40(53-47(59)61-5)45(57)55-20-8-7-9-37(55)43-49-24-36(52-43)34-19-18-33(38-29-14-15-30(21-29)39(34)38)27-10-12-28(13-11-27)35-23-50-44(51-35)42-31-16-17-32(22-31)56(42)46(58)41(26(3)4)54-48(60)62-6/h10-13,18-19,23-26,29-32,37,40-42H,7-9,14-17,20-22H2,1-6H3,(H,49,52)(H,50,51)(H,53,59)(H,54,60)/t29?,30?,31-,32+,37-,40-,41-,42-/m0/s1. The number of benzene rings is 2. The van der Waals surface area contributed by atoms with E-state index in [1.165, 1.54) is 54.9 Å². The Morgan fingerprint density at radius 1 is 0.677 bits per heavy atom. The molecule has 8 atom stereocenters. The molecule has 2 aromatic heterocycles. The number of aromatic nitrogens is 4. The number of H-pyrrole nitrogens is 2. The Hall–Kier alpha value is -5.66.